The Morgan fingerprint density at radius 3 is 1.48 bits per heavy atom. The van der Waals surface area contributed by atoms with Crippen LogP contribution in [-0.2, 0) is 40.0 Å². The van der Waals surface area contributed by atoms with Gasteiger partial charge < -0.3 is 54.0 Å². The molecule has 304 valence electrons. The van der Waals surface area contributed by atoms with Crippen molar-refractivity contribution in [3.8, 4) is 5.75 Å². The van der Waals surface area contributed by atoms with Crippen molar-refractivity contribution in [3.63, 3.8) is 0 Å². The van der Waals surface area contributed by atoms with E-state index in [9.17, 15) is 43.8 Å². The summed E-state index contributed by atoms with van der Waals surface area (Å²) >= 11 is 0. The maximum absolute atomic E-state index is 13.8. The van der Waals surface area contributed by atoms with Gasteiger partial charge in [-0.3, -0.25) is 28.8 Å². The number of rotatable bonds is 25. The van der Waals surface area contributed by atoms with Crippen molar-refractivity contribution in [2.75, 3.05) is 6.54 Å². The summed E-state index contributed by atoms with van der Waals surface area (Å²) in [5, 5.41) is 32.2. The highest BCUT2D eigenvalue weighted by molar-refractivity contribution is 5.97. The van der Waals surface area contributed by atoms with Gasteiger partial charge in [0.1, 0.15) is 36.0 Å². The minimum absolute atomic E-state index is 0.00454. The highest BCUT2D eigenvalue weighted by Gasteiger charge is 2.34. The van der Waals surface area contributed by atoms with E-state index in [0.29, 0.717) is 31.4 Å². The third kappa shape index (κ3) is 18.3. The first kappa shape index (κ1) is 47.3. The van der Waals surface area contributed by atoms with Gasteiger partial charge in [0.25, 0.3) is 0 Å². The van der Waals surface area contributed by atoms with Gasteiger partial charge in [0, 0.05) is 6.42 Å². The summed E-state index contributed by atoms with van der Waals surface area (Å²) in [5.41, 5.74) is 17.6. The van der Waals surface area contributed by atoms with E-state index in [0.717, 1.165) is 0 Å². The van der Waals surface area contributed by atoms with Crippen LogP contribution in [-0.4, -0.2) is 94.4 Å². The summed E-state index contributed by atoms with van der Waals surface area (Å²) in [6, 6.07) is -1.34. The van der Waals surface area contributed by atoms with Crippen LogP contribution in [0.3, 0.4) is 0 Å². The van der Waals surface area contributed by atoms with Crippen molar-refractivity contribution < 1.29 is 43.8 Å². The molecule has 0 aromatic heterocycles. The molecule has 6 amide bonds. The van der Waals surface area contributed by atoms with Gasteiger partial charge in [0.15, 0.2) is 0 Å². The molecule has 0 aliphatic heterocycles. The van der Waals surface area contributed by atoms with Crippen LogP contribution in [0.15, 0.2) is 24.3 Å². The molecule has 0 unspecified atom stereocenters. The minimum atomic E-state index is -1.56. The van der Waals surface area contributed by atoms with E-state index in [4.69, 9.17) is 17.2 Å². The van der Waals surface area contributed by atoms with Crippen molar-refractivity contribution in [2.24, 2.45) is 35.0 Å². The molecule has 0 heterocycles. The highest BCUT2D eigenvalue weighted by atomic mass is 16.4. The summed E-state index contributed by atoms with van der Waals surface area (Å²) < 4.78 is 0. The minimum Gasteiger partial charge on any atom is -0.508 e. The molecule has 0 fully saturated rings. The Balaban J connectivity index is 3.32. The number of benzene rings is 1. The second-order valence-corrected chi connectivity index (χ2v) is 15.0. The van der Waals surface area contributed by atoms with Crippen LogP contribution in [0, 0.1) is 17.8 Å². The smallest absolute Gasteiger partial charge is 0.326 e. The molecule has 0 saturated heterocycles. The number of aromatic hydroxyl groups is 1. The first-order valence-corrected chi connectivity index (χ1v) is 18.5. The van der Waals surface area contributed by atoms with Crippen LogP contribution in [0.5, 0.6) is 5.75 Å². The average Bonchev–Trinajstić information content (AvgIpc) is 3.06. The van der Waals surface area contributed by atoms with Crippen molar-refractivity contribution in [1.29, 1.82) is 0 Å². The Bertz CT molecular complexity index is 1400. The Labute approximate surface area is 317 Å². The third-order valence-corrected chi connectivity index (χ3v) is 8.35. The number of hydrogen-bond donors (Lipinski definition) is 10. The molecule has 54 heavy (non-hydrogen) atoms. The number of phenolic OH excluding ortho intramolecular Hbond substituents is 1. The van der Waals surface area contributed by atoms with Crippen LogP contribution in [0.4, 0.5) is 0 Å². The molecule has 6 atom stereocenters. The van der Waals surface area contributed by atoms with Gasteiger partial charge in [0.2, 0.25) is 35.4 Å². The van der Waals surface area contributed by atoms with E-state index in [2.05, 4.69) is 26.6 Å². The van der Waals surface area contributed by atoms with Gasteiger partial charge in [-0.2, -0.15) is 0 Å². The lowest BCUT2D eigenvalue weighted by atomic mass is 9.99. The molecule has 0 bridgehead atoms. The van der Waals surface area contributed by atoms with Crippen LogP contribution in [0.25, 0.3) is 0 Å². The molecule has 17 heteroatoms. The summed E-state index contributed by atoms with van der Waals surface area (Å²) in [6.07, 6.45) is 1.01. The zero-order valence-electron chi connectivity index (χ0n) is 32.4. The van der Waals surface area contributed by atoms with Gasteiger partial charge in [0.05, 0.1) is 12.5 Å². The number of amides is 6. The molecule has 1 aromatic carbocycles. The molecule has 0 saturated carbocycles. The predicted octanol–water partition coefficient (Wildman–Crippen LogP) is -0.0867. The van der Waals surface area contributed by atoms with E-state index in [1.54, 1.807) is 39.8 Å². The Kier molecular flexibility index (Phi) is 20.8. The van der Waals surface area contributed by atoms with Gasteiger partial charge >= 0.3 is 5.97 Å². The first-order chi connectivity index (χ1) is 25.2. The van der Waals surface area contributed by atoms with Crippen LogP contribution >= 0.6 is 0 Å². The Morgan fingerprint density at radius 2 is 1.04 bits per heavy atom. The van der Waals surface area contributed by atoms with Crippen molar-refractivity contribution in [3.05, 3.63) is 29.8 Å². The van der Waals surface area contributed by atoms with Crippen molar-refractivity contribution in [1.82, 2.24) is 26.6 Å². The molecular weight excluding hydrogens is 700 g/mol. The average molecular weight is 763 g/mol. The van der Waals surface area contributed by atoms with E-state index >= 15 is 0 Å². The lowest BCUT2D eigenvalue weighted by Gasteiger charge is -2.28. The van der Waals surface area contributed by atoms with Gasteiger partial charge in [-0.15, -0.1) is 0 Å². The lowest BCUT2D eigenvalue weighted by molar-refractivity contribution is -0.142. The number of nitrogens with one attached hydrogen (secondary N) is 5. The van der Waals surface area contributed by atoms with Gasteiger partial charge in [-0.05, 0) is 80.5 Å². The molecule has 1 aromatic rings. The molecular formula is C37H62N8O9. The number of carbonyl (C=O) groups is 7. The maximum atomic E-state index is 13.8. The fraction of sp³-hybridized carbons (Fsp3) is 0.649. The quantitative estimate of drug-likeness (QED) is 0.0588. The molecule has 0 radical (unpaired) electrons. The summed E-state index contributed by atoms with van der Waals surface area (Å²) in [7, 11) is 0. The summed E-state index contributed by atoms with van der Waals surface area (Å²) in [4.78, 5) is 91.4. The number of nitrogens with two attached hydrogens (primary N) is 3. The van der Waals surface area contributed by atoms with E-state index in [-0.39, 0.29) is 49.2 Å². The Morgan fingerprint density at radius 1 is 0.611 bits per heavy atom. The van der Waals surface area contributed by atoms with Gasteiger partial charge in [-0.25, -0.2) is 4.79 Å². The number of carbonyl (C=O) groups excluding carboxylic acids is 6. The number of aliphatic carboxylic acids is 1. The maximum Gasteiger partial charge on any atom is 0.326 e. The lowest BCUT2D eigenvalue weighted by Crippen LogP contribution is -2.60. The second kappa shape index (κ2) is 23.8. The van der Waals surface area contributed by atoms with Crippen LogP contribution < -0.4 is 43.8 Å². The van der Waals surface area contributed by atoms with E-state index in [1.807, 2.05) is 13.8 Å². The topological polar surface area (TPSA) is 298 Å². The standard InChI is InChI=1S/C37H62N8O9/c1-20(2)15-25(39)32(48)42-29(18-23-10-12-24(46)13-11-23)35(51)43-28(17-22(5)6)34(50)45-30(19-31(40)47)36(52)44-27(16-21(3)4)33(49)41-26(37(53)54)9-7-8-14-38/h10-13,20-22,25-30,46H,7-9,14-19,38-39H2,1-6H3,(H2,40,47)(H,41,49)(H,42,48)(H,43,51)(H,44,52)(H,45,50)(H,53,54)/t25-,26-,27-,28-,29-,30-/m0/s1. The number of carboxylic acids is 1. The molecule has 0 aliphatic rings. The Hall–Kier alpha value is -4.77. The summed E-state index contributed by atoms with van der Waals surface area (Å²) in [5.74, 6) is -6.20. The number of primary amides is 1. The molecule has 0 spiro atoms. The van der Waals surface area contributed by atoms with Crippen LogP contribution in [0.2, 0.25) is 0 Å². The predicted molar refractivity (Wildman–Crippen MR) is 202 cm³/mol. The van der Waals surface area contributed by atoms with Crippen molar-refractivity contribution >= 4 is 41.4 Å². The SMILES string of the molecule is CC(C)C[C@H](NC(=O)[C@H](CC(N)=O)NC(=O)[C@H](CC(C)C)NC(=O)[C@H](Cc1ccc(O)cc1)NC(=O)[C@@H](N)CC(C)C)C(=O)N[C@@H](CCCCN)C(=O)O. The van der Waals surface area contributed by atoms with Crippen molar-refractivity contribution in [2.45, 2.75) is 129 Å². The van der Waals surface area contributed by atoms with Crippen LogP contribution in [0.1, 0.15) is 92.1 Å². The third-order valence-electron chi connectivity index (χ3n) is 8.35. The number of unbranched alkanes of at least 4 members (excludes halogenated alkanes) is 1. The largest absolute Gasteiger partial charge is 0.508 e. The monoisotopic (exact) mass is 762 g/mol. The fourth-order valence-corrected chi connectivity index (χ4v) is 5.63. The van der Waals surface area contributed by atoms with E-state index < -0.39 is 84.1 Å². The fourth-order valence-electron chi connectivity index (χ4n) is 5.63. The van der Waals surface area contributed by atoms with Gasteiger partial charge in [-0.1, -0.05) is 53.7 Å². The molecule has 13 N–H and O–H groups in total. The highest BCUT2D eigenvalue weighted by Crippen LogP contribution is 2.14. The zero-order chi connectivity index (χ0) is 41.1. The number of carboxylic acid groups (broad SMARTS) is 1. The van der Waals surface area contributed by atoms with E-state index in [1.165, 1.54) is 12.1 Å². The number of hydrogen-bond acceptors (Lipinski definition) is 10. The normalized spacial score (nSPS) is 14.6. The molecule has 1 rings (SSSR count). The second-order valence-electron chi connectivity index (χ2n) is 15.0. The zero-order valence-corrected chi connectivity index (χ0v) is 32.4. The molecule has 0 aliphatic carbocycles. The summed E-state index contributed by atoms with van der Waals surface area (Å²) in [6.45, 7) is 11.3. The first-order valence-electron chi connectivity index (χ1n) is 18.5. The number of phenols is 1. The molecule has 17 nitrogen and oxygen atoms in total.